The normalized spacial score (nSPS) is 26.1. The van der Waals surface area contributed by atoms with Gasteiger partial charge >= 0.3 is 0 Å². The van der Waals surface area contributed by atoms with E-state index in [2.05, 4.69) is 27.7 Å². The van der Waals surface area contributed by atoms with Gasteiger partial charge in [-0.25, -0.2) is 4.98 Å². The van der Waals surface area contributed by atoms with E-state index < -0.39 is 0 Å². The van der Waals surface area contributed by atoms with E-state index >= 15 is 0 Å². The summed E-state index contributed by atoms with van der Waals surface area (Å²) in [6, 6.07) is 0.322. The summed E-state index contributed by atoms with van der Waals surface area (Å²) in [6.07, 6.45) is 5.13. The Bertz CT molecular complexity index is 565. The van der Waals surface area contributed by atoms with E-state index in [4.69, 9.17) is 4.98 Å². The molecule has 0 amide bonds. The molecule has 0 aromatic carbocycles. The van der Waals surface area contributed by atoms with Crippen LogP contribution in [-0.2, 0) is 19.3 Å². The van der Waals surface area contributed by atoms with Gasteiger partial charge in [0.25, 0.3) is 5.56 Å². The lowest BCUT2D eigenvalue weighted by molar-refractivity contribution is 0.250. The zero-order valence-corrected chi connectivity index (χ0v) is 12.5. The fraction of sp³-hybridized carbons (Fsp3) is 0.750. The van der Waals surface area contributed by atoms with Gasteiger partial charge in [-0.3, -0.25) is 9.36 Å². The second-order valence-electron chi connectivity index (χ2n) is 7.34. The zero-order chi connectivity index (χ0) is 13.8. The first kappa shape index (κ1) is 12.9. The molecule has 0 saturated carbocycles. The van der Waals surface area contributed by atoms with Crippen LogP contribution in [0.4, 0.5) is 0 Å². The van der Waals surface area contributed by atoms with Gasteiger partial charge in [0.2, 0.25) is 0 Å². The van der Waals surface area contributed by atoms with Gasteiger partial charge in [-0.05, 0) is 43.9 Å². The lowest BCUT2D eigenvalue weighted by Gasteiger charge is -2.26. The molecule has 0 radical (unpaired) electrons. The van der Waals surface area contributed by atoms with Crippen LogP contribution in [0.3, 0.4) is 0 Å². The highest BCUT2D eigenvalue weighted by Crippen LogP contribution is 2.37. The third kappa shape index (κ3) is 2.03. The Morgan fingerprint density at radius 3 is 2.68 bits per heavy atom. The van der Waals surface area contributed by atoms with Crippen molar-refractivity contribution < 1.29 is 0 Å². The van der Waals surface area contributed by atoms with E-state index in [9.17, 15) is 4.79 Å². The van der Waals surface area contributed by atoms with E-state index in [0.717, 1.165) is 49.2 Å². The molecule has 0 fully saturated rings. The first-order valence-electron chi connectivity index (χ1n) is 7.51. The van der Waals surface area contributed by atoms with Gasteiger partial charge in [0.1, 0.15) is 5.82 Å². The summed E-state index contributed by atoms with van der Waals surface area (Å²) in [5.41, 5.74) is 2.59. The van der Waals surface area contributed by atoms with Crippen LogP contribution in [0.5, 0.6) is 0 Å². The third-order valence-corrected chi connectivity index (χ3v) is 4.95. The standard InChI is InChI=1S/C16H24N2O/c1-10-6-5-7-14-17-13-9-11(16(2,3)4)8-12(13)15(19)18(10)14/h10-11H,5-9H2,1-4H3. The van der Waals surface area contributed by atoms with Gasteiger partial charge in [0.05, 0.1) is 5.69 Å². The van der Waals surface area contributed by atoms with Gasteiger partial charge in [-0.15, -0.1) is 0 Å². The molecule has 3 nitrogen and oxygen atoms in total. The maximum absolute atomic E-state index is 12.7. The van der Waals surface area contributed by atoms with E-state index in [1.165, 1.54) is 0 Å². The van der Waals surface area contributed by atoms with Crippen LogP contribution < -0.4 is 5.56 Å². The van der Waals surface area contributed by atoms with Crippen LogP contribution in [0.25, 0.3) is 0 Å². The molecule has 2 heterocycles. The lowest BCUT2D eigenvalue weighted by atomic mass is 9.79. The first-order chi connectivity index (χ1) is 8.88. The molecule has 3 heteroatoms. The van der Waals surface area contributed by atoms with Crippen molar-refractivity contribution in [3.8, 4) is 0 Å². The molecule has 0 N–H and O–H groups in total. The Balaban J connectivity index is 2.07. The predicted molar refractivity (Wildman–Crippen MR) is 76.5 cm³/mol. The Morgan fingerprint density at radius 2 is 2.00 bits per heavy atom. The highest BCUT2D eigenvalue weighted by molar-refractivity contribution is 5.27. The van der Waals surface area contributed by atoms with E-state index in [1.807, 2.05) is 4.57 Å². The number of aryl methyl sites for hydroxylation is 1. The topological polar surface area (TPSA) is 34.9 Å². The maximum Gasteiger partial charge on any atom is 0.257 e. The van der Waals surface area contributed by atoms with Crippen LogP contribution >= 0.6 is 0 Å². The first-order valence-corrected chi connectivity index (χ1v) is 7.51. The molecule has 104 valence electrons. The molecule has 1 aliphatic carbocycles. The van der Waals surface area contributed by atoms with Crippen LogP contribution in [-0.4, -0.2) is 9.55 Å². The molecule has 3 rings (SSSR count). The van der Waals surface area contributed by atoms with Crippen molar-refractivity contribution in [2.45, 2.75) is 65.8 Å². The van der Waals surface area contributed by atoms with Crippen LogP contribution in [0, 0.1) is 11.3 Å². The monoisotopic (exact) mass is 260 g/mol. The van der Waals surface area contributed by atoms with E-state index in [1.54, 1.807) is 0 Å². The molecular weight excluding hydrogens is 236 g/mol. The van der Waals surface area contributed by atoms with Crippen molar-refractivity contribution in [2.24, 2.45) is 11.3 Å². The van der Waals surface area contributed by atoms with Crippen molar-refractivity contribution >= 4 is 0 Å². The van der Waals surface area contributed by atoms with Gasteiger partial charge in [-0.2, -0.15) is 0 Å². The van der Waals surface area contributed by atoms with Gasteiger partial charge in [-0.1, -0.05) is 20.8 Å². The molecule has 1 aromatic rings. The fourth-order valence-corrected chi connectivity index (χ4v) is 3.52. The second-order valence-corrected chi connectivity index (χ2v) is 7.34. The smallest absolute Gasteiger partial charge is 0.257 e. The highest BCUT2D eigenvalue weighted by Gasteiger charge is 2.35. The Kier molecular flexibility index (Phi) is 2.84. The summed E-state index contributed by atoms with van der Waals surface area (Å²) in [5.74, 6) is 1.58. The molecule has 2 aliphatic rings. The minimum Gasteiger partial charge on any atom is -0.294 e. The minimum absolute atomic E-state index is 0.249. The molecule has 2 unspecified atom stereocenters. The molecular formula is C16H24N2O. The van der Waals surface area contributed by atoms with Crippen molar-refractivity contribution in [3.05, 3.63) is 27.4 Å². The summed E-state index contributed by atoms with van der Waals surface area (Å²) < 4.78 is 1.97. The average Bonchev–Trinajstić information content (AvgIpc) is 2.73. The second kappa shape index (κ2) is 4.19. The molecule has 19 heavy (non-hydrogen) atoms. The maximum atomic E-state index is 12.7. The average molecular weight is 260 g/mol. The summed E-state index contributed by atoms with van der Waals surface area (Å²) in [6.45, 7) is 8.95. The van der Waals surface area contributed by atoms with Crippen LogP contribution in [0.15, 0.2) is 4.79 Å². The Labute approximate surface area is 115 Å². The summed E-state index contributed by atoms with van der Waals surface area (Å²) >= 11 is 0. The predicted octanol–water partition coefficient (Wildman–Crippen LogP) is 2.90. The highest BCUT2D eigenvalue weighted by atomic mass is 16.1. The third-order valence-electron chi connectivity index (χ3n) is 4.95. The summed E-state index contributed by atoms with van der Waals surface area (Å²) in [4.78, 5) is 17.5. The zero-order valence-electron chi connectivity index (χ0n) is 12.5. The number of fused-ring (bicyclic) bond motifs is 2. The fourth-order valence-electron chi connectivity index (χ4n) is 3.52. The number of hydrogen-bond acceptors (Lipinski definition) is 2. The molecule has 0 bridgehead atoms. The molecule has 0 spiro atoms. The van der Waals surface area contributed by atoms with Crippen molar-refractivity contribution in [1.29, 1.82) is 0 Å². The van der Waals surface area contributed by atoms with Crippen molar-refractivity contribution in [3.63, 3.8) is 0 Å². The lowest BCUT2D eigenvalue weighted by Crippen LogP contribution is -2.33. The number of hydrogen-bond donors (Lipinski definition) is 0. The van der Waals surface area contributed by atoms with Crippen molar-refractivity contribution in [2.75, 3.05) is 0 Å². The Hall–Kier alpha value is -1.12. The summed E-state index contributed by atoms with van der Waals surface area (Å²) in [7, 11) is 0. The number of aromatic nitrogens is 2. The van der Waals surface area contributed by atoms with Gasteiger partial charge in [0, 0.05) is 18.0 Å². The van der Waals surface area contributed by atoms with Gasteiger partial charge < -0.3 is 0 Å². The van der Waals surface area contributed by atoms with E-state index in [0.29, 0.717) is 12.0 Å². The van der Waals surface area contributed by atoms with E-state index in [-0.39, 0.29) is 11.0 Å². The minimum atomic E-state index is 0.249. The molecule has 2 atom stereocenters. The van der Waals surface area contributed by atoms with Crippen molar-refractivity contribution in [1.82, 2.24) is 9.55 Å². The SMILES string of the molecule is CC1CCCc2nc3c(c(=O)n21)CC(C(C)(C)C)C3. The largest absolute Gasteiger partial charge is 0.294 e. The molecule has 0 saturated heterocycles. The Morgan fingerprint density at radius 1 is 1.26 bits per heavy atom. The molecule has 1 aromatic heterocycles. The molecule has 1 aliphatic heterocycles. The quantitative estimate of drug-likeness (QED) is 0.719. The number of rotatable bonds is 0. The van der Waals surface area contributed by atoms with Crippen LogP contribution in [0.2, 0.25) is 0 Å². The number of nitrogens with zero attached hydrogens (tertiary/aromatic N) is 2. The van der Waals surface area contributed by atoms with Gasteiger partial charge in [0.15, 0.2) is 0 Å². The van der Waals surface area contributed by atoms with Crippen LogP contribution in [0.1, 0.15) is 63.7 Å². The summed E-state index contributed by atoms with van der Waals surface area (Å²) in [5, 5.41) is 0.